The monoisotopic (exact) mass is 473 g/mol. The Morgan fingerprint density at radius 3 is 2.71 bits per heavy atom. The Labute approximate surface area is 203 Å². The van der Waals surface area contributed by atoms with Crippen molar-refractivity contribution in [1.29, 1.82) is 0 Å². The Kier molecular flexibility index (Phi) is 8.76. The number of hydrogen-bond acceptors (Lipinski definition) is 6. The zero-order chi connectivity index (χ0) is 24.5. The molecule has 6 nitrogen and oxygen atoms in total. The molecule has 0 aliphatic carbocycles. The lowest BCUT2D eigenvalue weighted by molar-refractivity contribution is -0.113. The van der Waals surface area contributed by atoms with Crippen LogP contribution in [0.4, 0.5) is 5.69 Å². The van der Waals surface area contributed by atoms with Gasteiger partial charge in [-0.05, 0) is 49.2 Å². The molecule has 0 unspecified atom stereocenters. The quantitative estimate of drug-likeness (QED) is 0.182. The fraction of sp³-hybridized carbons (Fsp3) is 0.185. The lowest BCUT2D eigenvalue weighted by Crippen LogP contribution is -2.15. The van der Waals surface area contributed by atoms with Gasteiger partial charge >= 0.3 is 5.97 Å². The van der Waals surface area contributed by atoms with Gasteiger partial charge in [0.15, 0.2) is 5.82 Å². The maximum absolute atomic E-state index is 12.7. The van der Waals surface area contributed by atoms with Gasteiger partial charge in [0.2, 0.25) is 5.91 Å². The van der Waals surface area contributed by atoms with Gasteiger partial charge in [-0.1, -0.05) is 61.7 Å². The van der Waals surface area contributed by atoms with Crippen LogP contribution in [0.3, 0.4) is 0 Å². The molecule has 0 saturated heterocycles. The SMILES string of the molecule is C=C/C=C\C(=C/C)c1nc(SCC(=O)Nc2cccc(C(=O)OC)c2)c2cc(CC)ccc2n1. The summed E-state index contributed by atoms with van der Waals surface area (Å²) in [6.07, 6.45) is 8.28. The van der Waals surface area contributed by atoms with Gasteiger partial charge < -0.3 is 10.1 Å². The van der Waals surface area contributed by atoms with Crippen molar-refractivity contribution in [2.75, 3.05) is 18.2 Å². The molecule has 0 spiro atoms. The highest BCUT2D eigenvalue weighted by atomic mass is 32.2. The molecular weight excluding hydrogens is 446 g/mol. The smallest absolute Gasteiger partial charge is 0.337 e. The summed E-state index contributed by atoms with van der Waals surface area (Å²) in [6.45, 7) is 7.75. The zero-order valence-corrected chi connectivity index (χ0v) is 20.3. The molecule has 0 fully saturated rings. The van der Waals surface area contributed by atoms with Crippen LogP contribution in [-0.2, 0) is 16.0 Å². The van der Waals surface area contributed by atoms with Crippen molar-refractivity contribution in [2.24, 2.45) is 0 Å². The first kappa shape index (κ1) is 24.9. The van der Waals surface area contributed by atoms with Gasteiger partial charge in [-0.25, -0.2) is 14.8 Å². The summed E-state index contributed by atoms with van der Waals surface area (Å²) in [4.78, 5) is 34.0. The number of esters is 1. The summed E-state index contributed by atoms with van der Waals surface area (Å²) < 4.78 is 4.74. The number of fused-ring (bicyclic) bond motifs is 1. The van der Waals surface area contributed by atoms with E-state index in [0.717, 1.165) is 27.9 Å². The number of allylic oxidation sites excluding steroid dienone is 5. The molecule has 1 amide bonds. The average molecular weight is 474 g/mol. The lowest BCUT2D eigenvalue weighted by Gasteiger charge is -2.11. The Balaban J connectivity index is 1.87. The molecule has 0 saturated carbocycles. The molecule has 1 N–H and O–H groups in total. The first-order valence-electron chi connectivity index (χ1n) is 10.9. The molecule has 1 aromatic heterocycles. The summed E-state index contributed by atoms with van der Waals surface area (Å²) in [5.74, 6) is 0.0798. The summed E-state index contributed by atoms with van der Waals surface area (Å²) in [6, 6.07) is 12.8. The van der Waals surface area contributed by atoms with E-state index in [0.29, 0.717) is 17.1 Å². The number of nitrogens with zero attached hydrogens (tertiary/aromatic N) is 2. The van der Waals surface area contributed by atoms with Gasteiger partial charge in [-0.2, -0.15) is 0 Å². The third-order valence-corrected chi connectivity index (χ3v) is 6.01. The van der Waals surface area contributed by atoms with Crippen molar-refractivity contribution in [3.05, 3.63) is 90.3 Å². The first-order valence-corrected chi connectivity index (χ1v) is 11.8. The number of methoxy groups -OCH3 is 1. The summed E-state index contributed by atoms with van der Waals surface area (Å²) >= 11 is 1.35. The number of benzene rings is 2. The molecule has 0 aliphatic heterocycles. The van der Waals surface area contributed by atoms with E-state index in [1.54, 1.807) is 30.3 Å². The van der Waals surface area contributed by atoms with Gasteiger partial charge in [0, 0.05) is 16.6 Å². The number of rotatable bonds is 9. The molecule has 0 radical (unpaired) electrons. The lowest BCUT2D eigenvalue weighted by atomic mass is 10.1. The second kappa shape index (κ2) is 12.0. The number of anilines is 1. The van der Waals surface area contributed by atoms with Crippen molar-refractivity contribution in [3.8, 4) is 0 Å². The molecule has 0 bridgehead atoms. The van der Waals surface area contributed by atoms with E-state index in [1.807, 2.05) is 31.2 Å². The van der Waals surface area contributed by atoms with Crippen LogP contribution in [0.1, 0.15) is 35.6 Å². The highest BCUT2D eigenvalue weighted by molar-refractivity contribution is 8.00. The Morgan fingerprint density at radius 1 is 1.18 bits per heavy atom. The fourth-order valence-electron chi connectivity index (χ4n) is 3.25. The maximum atomic E-state index is 12.7. The van der Waals surface area contributed by atoms with Crippen molar-refractivity contribution >= 4 is 45.8 Å². The summed E-state index contributed by atoms with van der Waals surface area (Å²) in [7, 11) is 1.32. The van der Waals surface area contributed by atoms with E-state index in [1.165, 1.54) is 24.4 Å². The number of nitrogens with one attached hydrogen (secondary N) is 1. The van der Waals surface area contributed by atoms with Gasteiger partial charge in [0.1, 0.15) is 5.03 Å². The van der Waals surface area contributed by atoms with Crippen LogP contribution in [0.5, 0.6) is 0 Å². The largest absolute Gasteiger partial charge is 0.465 e. The van der Waals surface area contributed by atoms with Crippen LogP contribution in [0.15, 0.2) is 78.4 Å². The number of ether oxygens (including phenoxy) is 1. The predicted octanol–water partition coefficient (Wildman–Crippen LogP) is 5.86. The van der Waals surface area contributed by atoms with E-state index in [4.69, 9.17) is 14.7 Å². The Morgan fingerprint density at radius 2 is 2.00 bits per heavy atom. The number of aromatic nitrogens is 2. The summed E-state index contributed by atoms with van der Waals surface area (Å²) in [5.41, 5.74) is 3.76. The predicted molar refractivity (Wildman–Crippen MR) is 139 cm³/mol. The highest BCUT2D eigenvalue weighted by Gasteiger charge is 2.14. The molecule has 174 valence electrons. The van der Waals surface area contributed by atoms with Crippen molar-refractivity contribution < 1.29 is 14.3 Å². The Bertz CT molecular complexity index is 1280. The molecular formula is C27H27N3O3S. The van der Waals surface area contributed by atoms with E-state index in [9.17, 15) is 9.59 Å². The topological polar surface area (TPSA) is 81.2 Å². The van der Waals surface area contributed by atoms with Crippen LogP contribution in [0.2, 0.25) is 0 Å². The Hall–Kier alpha value is -3.71. The molecule has 1 heterocycles. The molecule has 3 rings (SSSR count). The van der Waals surface area contributed by atoms with E-state index < -0.39 is 5.97 Å². The average Bonchev–Trinajstić information content (AvgIpc) is 2.87. The van der Waals surface area contributed by atoms with Crippen LogP contribution in [0, 0.1) is 0 Å². The normalized spacial score (nSPS) is 11.6. The van der Waals surface area contributed by atoms with Crippen LogP contribution >= 0.6 is 11.8 Å². The van der Waals surface area contributed by atoms with Gasteiger partial charge in [0.05, 0.1) is 23.9 Å². The molecule has 7 heteroatoms. The van der Waals surface area contributed by atoms with E-state index in [2.05, 4.69) is 31.0 Å². The zero-order valence-electron chi connectivity index (χ0n) is 19.5. The minimum Gasteiger partial charge on any atom is -0.465 e. The van der Waals surface area contributed by atoms with Crippen molar-refractivity contribution in [3.63, 3.8) is 0 Å². The minimum absolute atomic E-state index is 0.151. The third kappa shape index (κ3) is 6.20. The van der Waals surface area contributed by atoms with Crippen LogP contribution < -0.4 is 5.32 Å². The van der Waals surface area contributed by atoms with Gasteiger partial charge in [-0.15, -0.1) is 0 Å². The van der Waals surface area contributed by atoms with Crippen LogP contribution in [-0.4, -0.2) is 34.7 Å². The van der Waals surface area contributed by atoms with Crippen LogP contribution in [0.25, 0.3) is 16.5 Å². The minimum atomic E-state index is -0.456. The number of thioether (sulfide) groups is 1. The van der Waals surface area contributed by atoms with Crippen molar-refractivity contribution in [1.82, 2.24) is 9.97 Å². The molecule has 34 heavy (non-hydrogen) atoms. The van der Waals surface area contributed by atoms with Gasteiger partial charge in [-0.3, -0.25) is 4.79 Å². The second-order valence-electron chi connectivity index (χ2n) is 7.31. The molecule has 2 aromatic carbocycles. The van der Waals surface area contributed by atoms with Crippen molar-refractivity contribution in [2.45, 2.75) is 25.3 Å². The second-order valence-corrected chi connectivity index (χ2v) is 8.27. The number of amides is 1. The third-order valence-electron chi connectivity index (χ3n) is 5.02. The number of hydrogen-bond donors (Lipinski definition) is 1. The van der Waals surface area contributed by atoms with Gasteiger partial charge in [0.25, 0.3) is 0 Å². The molecule has 0 aliphatic rings. The van der Waals surface area contributed by atoms with E-state index in [-0.39, 0.29) is 11.7 Å². The number of carbonyl (C=O) groups excluding carboxylic acids is 2. The number of aryl methyl sites for hydroxylation is 1. The van der Waals surface area contributed by atoms with E-state index >= 15 is 0 Å². The standard InChI is InChI=1S/C27H27N3O3S/c1-5-8-10-19(7-3)25-29-23-14-13-18(6-2)15-22(23)26(30-25)34-17-24(31)28-21-12-9-11-20(16-21)27(32)33-4/h5,7-16H,1,6,17H2,2-4H3,(H,28,31)/b10-8-,19-7+. The fourth-order valence-corrected chi connectivity index (χ4v) is 4.06. The highest BCUT2D eigenvalue weighted by Crippen LogP contribution is 2.29. The number of carbonyl (C=O) groups is 2. The molecule has 0 atom stereocenters. The maximum Gasteiger partial charge on any atom is 0.337 e. The molecule has 3 aromatic rings. The summed E-state index contributed by atoms with van der Waals surface area (Å²) in [5, 5.41) is 4.48. The first-order chi connectivity index (χ1) is 16.5.